The van der Waals surface area contributed by atoms with Gasteiger partial charge in [0.2, 0.25) is 0 Å². The Hall–Kier alpha value is -0.470. The van der Waals surface area contributed by atoms with Crippen LogP contribution >= 0.6 is 0 Å². The number of hydrogen-bond acceptors (Lipinski definition) is 6. The number of nitrogens with zero attached hydrogens (tertiary/aromatic N) is 1. The molecule has 0 aliphatic rings. The van der Waals surface area contributed by atoms with Gasteiger partial charge in [-0.1, -0.05) is 18.2 Å². The largest absolute Gasteiger partial charge is 1.00 e. The maximum Gasteiger partial charge on any atom is 1.00 e. The Bertz CT molecular complexity index is 386. The van der Waals surface area contributed by atoms with E-state index in [1.807, 2.05) is 0 Å². The zero-order valence-electron chi connectivity index (χ0n) is 7.86. The van der Waals surface area contributed by atoms with E-state index in [4.69, 9.17) is 0 Å². The molecule has 1 unspecified atom stereocenters. The minimum Gasteiger partial charge on any atom is -0.397 e. The Kier molecular flexibility index (Phi) is 6.70. The third kappa shape index (κ3) is 4.72. The van der Waals surface area contributed by atoms with Gasteiger partial charge in [-0.05, 0) is 12.1 Å². The van der Waals surface area contributed by atoms with E-state index in [1.165, 1.54) is 12.1 Å². The maximum atomic E-state index is 10.4. The molecule has 0 radical (unpaired) electrons. The van der Waals surface area contributed by atoms with E-state index in [0.29, 0.717) is 0 Å². The van der Waals surface area contributed by atoms with Crippen LogP contribution in [0.4, 0.5) is 0 Å². The summed E-state index contributed by atoms with van der Waals surface area (Å²) in [4.78, 5) is 9.63. The Morgan fingerprint density at radius 2 is 1.80 bits per heavy atom. The van der Waals surface area contributed by atoms with Crippen LogP contribution in [0.5, 0.6) is 0 Å². The molecule has 0 saturated heterocycles. The van der Waals surface area contributed by atoms with Gasteiger partial charge in [0.15, 0.2) is 0 Å². The van der Waals surface area contributed by atoms with Crippen molar-refractivity contribution in [3.05, 3.63) is 46.0 Å². The molecular formula is C7H6NNaO5S. The van der Waals surface area contributed by atoms with Gasteiger partial charge in [-0.15, -0.1) is 0 Å². The molecule has 0 N–H and O–H groups in total. The van der Waals surface area contributed by atoms with Gasteiger partial charge < -0.3 is 12.6 Å². The van der Waals surface area contributed by atoms with E-state index in [-0.39, 0.29) is 35.1 Å². The summed E-state index contributed by atoms with van der Waals surface area (Å²) in [5.41, 5.74) is 0.182. The van der Waals surface area contributed by atoms with Gasteiger partial charge in [0, 0.05) is 0 Å². The first-order valence-corrected chi connectivity index (χ1v) is 4.56. The van der Waals surface area contributed by atoms with Crippen LogP contribution in [0.2, 0.25) is 0 Å². The molecule has 0 saturated carbocycles. The van der Waals surface area contributed by atoms with Crippen molar-refractivity contribution >= 4 is 11.0 Å². The third-order valence-electron chi connectivity index (χ3n) is 1.45. The quantitative estimate of drug-likeness (QED) is 0.203. The number of hydrogen-bond donors (Lipinski definition) is 0. The standard InChI is InChI=1S/C7H6NO5S.Na/c9-8(10)7(13-14(11)12)6-4-2-1-3-5-6;/h1-5,7H;/q-1;+1. The first-order valence-electron chi connectivity index (χ1n) is 3.56. The minimum absolute atomic E-state index is 0. The smallest absolute Gasteiger partial charge is 0.397 e. The van der Waals surface area contributed by atoms with Crippen molar-refractivity contribution in [2.75, 3.05) is 0 Å². The summed E-state index contributed by atoms with van der Waals surface area (Å²) < 4.78 is 24.4. The van der Waals surface area contributed by atoms with Gasteiger partial charge >= 0.3 is 35.8 Å². The van der Waals surface area contributed by atoms with Crippen LogP contribution in [-0.4, -0.2) is 4.92 Å². The Morgan fingerprint density at radius 1 is 1.27 bits per heavy atom. The molecule has 0 fully saturated rings. The molecule has 15 heavy (non-hydrogen) atoms. The summed E-state index contributed by atoms with van der Waals surface area (Å²) in [6.07, 6.45) is -1.67. The fourth-order valence-electron chi connectivity index (χ4n) is 0.905. The molecule has 1 atom stereocenters. The maximum absolute atomic E-state index is 10.4. The molecule has 76 valence electrons. The van der Waals surface area contributed by atoms with Crippen LogP contribution in [0.3, 0.4) is 0 Å². The second-order valence-corrected chi connectivity index (χ2v) is 2.95. The molecular weight excluding hydrogens is 233 g/mol. The summed E-state index contributed by atoms with van der Waals surface area (Å²) in [5.74, 6) is 0. The van der Waals surface area contributed by atoms with Gasteiger partial charge in [-0.3, -0.25) is 10.1 Å². The van der Waals surface area contributed by atoms with E-state index in [0.717, 1.165) is 0 Å². The second-order valence-electron chi connectivity index (χ2n) is 2.35. The first kappa shape index (κ1) is 14.5. The van der Waals surface area contributed by atoms with Crippen LogP contribution in [-0.2, 0) is 23.6 Å². The number of benzene rings is 1. The zero-order chi connectivity index (χ0) is 10.6. The molecule has 1 rings (SSSR count). The van der Waals surface area contributed by atoms with Crippen molar-refractivity contribution in [3.63, 3.8) is 0 Å². The summed E-state index contributed by atoms with van der Waals surface area (Å²) in [6.45, 7) is 0. The van der Waals surface area contributed by atoms with Gasteiger partial charge in [0.25, 0.3) is 0 Å². The molecule has 0 bridgehead atoms. The predicted octanol–water partition coefficient (Wildman–Crippen LogP) is -1.79. The van der Waals surface area contributed by atoms with Crippen LogP contribution in [0.1, 0.15) is 11.8 Å². The fourth-order valence-corrected chi connectivity index (χ4v) is 1.23. The summed E-state index contributed by atoms with van der Waals surface area (Å²) in [6, 6.07) is 7.61. The molecule has 0 aliphatic heterocycles. The average Bonchev–Trinajstić information content (AvgIpc) is 2.15. The second kappa shape index (κ2) is 6.91. The SMILES string of the molecule is O=[N+]([O-])C(O[S-](=O)=O)c1ccccc1.[Na+]. The third-order valence-corrected chi connectivity index (χ3v) is 1.79. The molecule has 0 spiro atoms. The molecule has 8 heteroatoms. The molecule has 0 aliphatic carbocycles. The van der Waals surface area contributed by atoms with Crippen LogP contribution in [0.15, 0.2) is 30.3 Å². The van der Waals surface area contributed by atoms with Crippen molar-refractivity contribution < 1.29 is 47.1 Å². The van der Waals surface area contributed by atoms with Gasteiger partial charge in [-0.25, -0.2) is 0 Å². The average molecular weight is 239 g/mol. The predicted molar refractivity (Wildman–Crippen MR) is 46.0 cm³/mol. The summed E-state index contributed by atoms with van der Waals surface area (Å²) in [7, 11) is -2.91. The number of nitro groups is 1. The van der Waals surface area contributed by atoms with Crippen LogP contribution in [0, 0.1) is 10.1 Å². The Morgan fingerprint density at radius 3 is 2.20 bits per heavy atom. The Labute approximate surface area is 110 Å². The molecule has 6 nitrogen and oxygen atoms in total. The van der Waals surface area contributed by atoms with Crippen molar-refractivity contribution in [1.29, 1.82) is 0 Å². The summed E-state index contributed by atoms with van der Waals surface area (Å²) in [5, 5.41) is 10.4. The van der Waals surface area contributed by atoms with Crippen LogP contribution < -0.4 is 29.6 Å². The zero-order valence-corrected chi connectivity index (χ0v) is 10.7. The van der Waals surface area contributed by atoms with Gasteiger partial charge in [0.1, 0.15) is 0 Å². The topological polar surface area (TPSA) is 86.5 Å². The first-order chi connectivity index (χ1) is 6.61. The van der Waals surface area contributed by atoms with Crippen molar-refractivity contribution in [1.82, 2.24) is 0 Å². The van der Waals surface area contributed by atoms with E-state index in [2.05, 4.69) is 4.18 Å². The molecule has 0 aromatic heterocycles. The van der Waals surface area contributed by atoms with Crippen molar-refractivity contribution in [3.8, 4) is 0 Å². The van der Waals surface area contributed by atoms with Crippen molar-refractivity contribution in [2.45, 2.75) is 6.23 Å². The van der Waals surface area contributed by atoms with E-state index in [1.54, 1.807) is 18.2 Å². The molecule has 1 aromatic rings. The van der Waals surface area contributed by atoms with Gasteiger partial charge in [0.05, 0.1) is 21.5 Å². The molecule has 1 aromatic carbocycles. The van der Waals surface area contributed by atoms with Gasteiger partial charge in [-0.2, -0.15) is 0 Å². The molecule has 0 heterocycles. The van der Waals surface area contributed by atoms with E-state index in [9.17, 15) is 18.5 Å². The monoisotopic (exact) mass is 239 g/mol. The summed E-state index contributed by atoms with van der Waals surface area (Å²) >= 11 is 0. The van der Waals surface area contributed by atoms with E-state index >= 15 is 0 Å². The normalized spacial score (nSPS) is 11.8. The van der Waals surface area contributed by atoms with E-state index < -0.39 is 22.1 Å². The Balaban J connectivity index is 0.00000196. The van der Waals surface area contributed by atoms with Crippen molar-refractivity contribution in [2.24, 2.45) is 0 Å². The number of rotatable bonds is 4. The van der Waals surface area contributed by atoms with Crippen LogP contribution in [0.25, 0.3) is 0 Å². The minimum atomic E-state index is -2.91. The molecule has 0 amide bonds. The fraction of sp³-hybridized carbons (Fsp3) is 0.143.